The lowest BCUT2D eigenvalue weighted by atomic mass is 10.2. The lowest BCUT2D eigenvalue weighted by Crippen LogP contribution is -2.16. The Hall–Kier alpha value is -2.55. The van der Waals surface area contributed by atoms with Crippen LogP contribution in [0, 0.1) is 0 Å². The van der Waals surface area contributed by atoms with E-state index in [1.54, 1.807) is 24.3 Å². The lowest BCUT2D eigenvalue weighted by molar-refractivity contribution is -0.113. The van der Waals surface area contributed by atoms with E-state index in [0.717, 1.165) is 12.8 Å². The zero-order valence-electron chi connectivity index (χ0n) is 13.3. The topological polar surface area (TPSA) is 112 Å². The third-order valence-electron chi connectivity index (χ3n) is 3.01. The van der Waals surface area contributed by atoms with Crippen molar-refractivity contribution in [3.05, 3.63) is 36.2 Å². The fourth-order valence-electron chi connectivity index (χ4n) is 1.74. The summed E-state index contributed by atoms with van der Waals surface area (Å²) in [5.74, 6) is 5.14. The fourth-order valence-corrected chi connectivity index (χ4v) is 2.38. The second-order valence-corrected chi connectivity index (χ2v) is 5.87. The molecule has 0 unspecified atom stereocenters. The molecule has 1 heterocycles. The molecule has 0 atom stereocenters. The summed E-state index contributed by atoms with van der Waals surface area (Å²) in [6.45, 7) is 2.44. The van der Waals surface area contributed by atoms with Crippen LogP contribution in [0.25, 0.3) is 0 Å². The molecular weight excluding hydrogens is 330 g/mol. The van der Waals surface area contributed by atoms with Crippen molar-refractivity contribution < 1.29 is 14.3 Å². The molecule has 9 heteroatoms. The highest BCUT2D eigenvalue weighted by atomic mass is 32.2. The minimum absolute atomic E-state index is 0.150. The summed E-state index contributed by atoms with van der Waals surface area (Å²) in [5.41, 5.74) is 1.05. The predicted octanol–water partition coefficient (Wildman–Crippen LogP) is 1.68. The van der Waals surface area contributed by atoms with E-state index in [9.17, 15) is 9.59 Å². The van der Waals surface area contributed by atoms with Gasteiger partial charge in [0.1, 0.15) is 6.33 Å². The summed E-state index contributed by atoms with van der Waals surface area (Å²) in [4.78, 5) is 23.7. The minimum Gasteiger partial charge on any atom is -0.462 e. The molecule has 0 aliphatic rings. The Morgan fingerprint density at radius 2 is 2.08 bits per heavy atom. The van der Waals surface area contributed by atoms with Gasteiger partial charge in [-0.15, -0.1) is 10.2 Å². The van der Waals surface area contributed by atoms with E-state index in [1.807, 2.05) is 6.92 Å². The predicted molar refractivity (Wildman–Crippen MR) is 91.2 cm³/mol. The summed E-state index contributed by atoms with van der Waals surface area (Å²) in [7, 11) is 0. The Labute approximate surface area is 143 Å². The van der Waals surface area contributed by atoms with Gasteiger partial charge in [0, 0.05) is 5.69 Å². The van der Waals surface area contributed by atoms with Gasteiger partial charge in [0.25, 0.3) is 0 Å². The van der Waals surface area contributed by atoms with Crippen LogP contribution in [0.3, 0.4) is 0 Å². The molecular formula is C15H19N5O3S. The molecule has 0 saturated heterocycles. The minimum atomic E-state index is -0.362. The number of hydrogen-bond acceptors (Lipinski definition) is 7. The van der Waals surface area contributed by atoms with Gasteiger partial charge in [-0.1, -0.05) is 25.1 Å². The smallest absolute Gasteiger partial charge is 0.338 e. The molecule has 24 heavy (non-hydrogen) atoms. The average molecular weight is 349 g/mol. The van der Waals surface area contributed by atoms with E-state index in [4.69, 9.17) is 10.6 Å². The van der Waals surface area contributed by atoms with Gasteiger partial charge in [-0.2, -0.15) is 0 Å². The number of nitrogen functional groups attached to an aromatic ring is 1. The van der Waals surface area contributed by atoms with E-state index < -0.39 is 0 Å². The number of rotatable bonds is 8. The number of amides is 1. The van der Waals surface area contributed by atoms with Crippen LogP contribution in [0.1, 0.15) is 30.1 Å². The Balaban J connectivity index is 1.81. The van der Waals surface area contributed by atoms with E-state index in [2.05, 4.69) is 15.5 Å². The molecule has 0 saturated carbocycles. The number of unbranched alkanes of at least 4 members (excludes halogenated alkanes) is 1. The maximum Gasteiger partial charge on any atom is 0.338 e. The maximum atomic E-state index is 11.9. The van der Waals surface area contributed by atoms with E-state index >= 15 is 0 Å². The number of hydrogen-bond donors (Lipinski definition) is 2. The number of benzene rings is 1. The van der Waals surface area contributed by atoms with Crippen LogP contribution >= 0.6 is 11.8 Å². The molecule has 0 aliphatic heterocycles. The van der Waals surface area contributed by atoms with Crippen molar-refractivity contribution in [1.29, 1.82) is 0 Å². The van der Waals surface area contributed by atoms with Crippen LogP contribution in [0.15, 0.2) is 35.7 Å². The summed E-state index contributed by atoms with van der Waals surface area (Å²) in [6, 6.07) is 6.55. The summed E-state index contributed by atoms with van der Waals surface area (Å²) < 4.78 is 6.37. The highest BCUT2D eigenvalue weighted by molar-refractivity contribution is 7.99. The number of nitrogens with zero attached hydrogens (tertiary/aromatic N) is 3. The molecule has 0 aliphatic carbocycles. The number of nitrogens with one attached hydrogen (secondary N) is 1. The van der Waals surface area contributed by atoms with E-state index in [1.165, 1.54) is 22.8 Å². The number of anilines is 1. The molecule has 1 amide bonds. The van der Waals surface area contributed by atoms with Crippen molar-refractivity contribution >= 4 is 29.3 Å². The average Bonchev–Trinajstić information content (AvgIpc) is 2.99. The first kappa shape index (κ1) is 17.8. The fraction of sp³-hybridized carbons (Fsp3) is 0.333. The number of aromatic nitrogens is 3. The highest BCUT2D eigenvalue weighted by Gasteiger charge is 2.09. The van der Waals surface area contributed by atoms with Crippen LogP contribution in [0.4, 0.5) is 5.69 Å². The van der Waals surface area contributed by atoms with Crippen molar-refractivity contribution in [3.8, 4) is 0 Å². The van der Waals surface area contributed by atoms with Crippen molar-refractivity contribution in [1.82, 2.24) is 14.9 Å². The molecule has 0 radical (unpaired) electrons. The van der Waals surface area contributed by atoms with Gasteiger partial charge in [-0.25, -0.2) is 9.47 Å². The van der Waals surface area contributed by atoms with Gasteiger partial charge in [0.15, 0.2) is 0 Å². The standard InChI is InChI=1S/C15H19N5O3S/c1-2-3-8-23-14(22)11-4-6-12(7-5-11)18-13(21)9-24-15-19-17-10-20(15)16/h4-7,10H,2-3,8-9,16H2,1H3,(H,18,21). The zero-order valence-corrected chi connectivity index (χ0v) is 14.1. The molecule has 2 aromatic rings. The van der Waals surface area contributed by atoms with Gasteiger partial charge >= 0.3 is 5.97 Å². The lowest BCUT2D eigenvalue weighted by Gasteiger charge is -2.07. The van der Waals surface area contributed by atoms with Gasteiger partial charge in [-0.05, 0) is 30.7 Å². The molecule has 1 aromatic carbocycles. The Morgan fingerprint density at radius 1 is 1.33 bits per heavy atom. The van der Waals surface area contributed by atoms with Crippen LogP contribution < -0.4 is 11.2 Å². The first-order chi connectivity index (χ1) is 11.6. The third kappa shape index (κ3) is 5.27. The first-order valence-electron chi connectivity index (χ1n) is 7.45. The summed E-state index contributed by atoms with van der Waals surface area (Å²) in [5, 5.41) is 10.6. The normalized spacial score (nSPS) is 10.4. The molecule has 128 valence electrons. The van der Waals surface area contributed by atoms with Gasteiger partial charge in [0.2, 0.25) is 11.1 Å². The second kappa shape index (κ2) is 8.92. The number of carbonyl (C=O) groups excluding carboxylic acids is 2. The molecule has 1 aromatic heterocycles. The summed E-state index contributed by atoms with van der Waals surface area (Å²) in [6.07, 6.45) is 3.17. The number of esters is 1. The van der Waals surface area contributed by atoms with Crippen LogP contribution in [0.5, 0.6) is 0 Å². The van der Waals surface area contributed by atoms with Crippen molar-refractivity contribution in [2.24, 2.45) is 0 Å². The maximum absolute atomic E-state index is 11.9. The first-order valence-corrected chi connectivity index (χ1v) is 8.43. The summed E-state index contributed by atoms with van der Waals surface area (Å²) >= 11 is 1.18. The third-order valence-corrected chi connectivity index (χ3v) is 3.97. The highest BCUT2D eigenvalue weighted by Crippen LogP contribution is 2.14. The van der Waals surface area contributed by atoms with Crippen LogP contribution in [-0.2, 0) is 9.53 Å². The molecule has 8 nitrogen and oxygen atoms in total. The van der Waals surface area contributed by atoms with Gasteiger partial charge in [0.05, 0.1) is 17.9 Å². The number of ether oxygens (including phenoxy) is 1. The molecule has 0 spiro atoms. The molecule has 0 fully saturated rings. The zero-order chi connectivity index (χ0) is 17.4. The van der Waals surface area contributed by atoms with Gasteiger partial charge in [-0.3, -0.25) is 4.79 Å². The van der Waals surface area contributed by atoms with E-state index in [0.29, 0.717) is 23.0 Å². The second-order valence-electron chi connectivity index (χ2n) is 4.92. The molecule has 2 rings (SSSR count). The van der Waals surface area contributed by atoms with E-state index in [-0.39, 0.29) is 17.6 Å². The molecule has 0 bridgehead atoms. The number of thioether (sulfide) groups is 1. The quantitative estimate of drug-likeness (QED) is 0.323. The largest absolute Gasteiger partial charge is 0.462 e. The van der Waals surface area contributed by atoms with Crippen LogP contribution in [-0.4, -0.2) is 39.1 Å². The number of carbonyl (C=O) groups is 2. The Kier molecular flexibility index (Phi) is 6.62. The Bertz CT molecular complexity index is 687. The van der Waals surface area contributed by atoms with Crippen LogP contribution in [0.2, 0.25) is 0 Å². The Morgan fingerprint density at radius 3 is 2.71 bits per heavy atom. The number of nitrogens with two attached hydrogens (primary N) is 1. The van der Waals surface area contributed by atoms with Crippen molar-refractivity contribution in [2.75, 3.05) is 23.5 Å². The van der Waals surface area contributed by atoms with Crippen molar-refractivity contribution in [2.45, 2.75) is 24.9 Å². The SMILES string of the molecule is CCCCOC(=O)c1ccc(NC(=O)CSc2nncn2N)cc1. The van der Waals surface area contributed by atoms with Crippen molar-refractivity contribution in [3.63, 3.8) is 0 Å². The van der Waals surface area contributed by atoms with Gasteiger partial charge < -0.3 is 15.9 Å². The monoisotopic (exact) mass is 349 g/mol. The molecule has 3 N–H and O–H groups in total.